The molecule has 0 spiro atoms. The molecular weight excluding hydrogens is 409 g/mol. The molecule has 2 aromatic carbocycles. The number of sulfone groups is 1. The summed E-state index contributed by atoms with van der Waals surface area (Å²) in [5.41, 5.74) is 0.668. The normalized spacial score (nSPS) is 20.1. The molecule has 1 heterocycles. The lowest BCUT2D eigenvalue weighted by Crippen LogP contribution is -2.33. The van der Waals surface area contributed by atoms with Crippen LogP contribution in [0.3, 0.4) is 0 Å². The van der Waals surface area contributed by atoms with Gasteiger partial charge in [0.2, 0.25) is 0 Å². The van der Waals surface area contributed by atoms with E-state index in [0.29, 0.717) is 10.0 Å². The third-order valence-corrected chi connectivity index (χ3v) is 7.18. The summed E-state index contributed by atoms with van der Waals surface area (Å²) in [6.45, 7) is 0.367. The summed E-state index contributed by atoms with van der Waals surface area (Å²) in [6.07, 6.45) is 0.180. The molecule has 7 heteroatoms. The van der Waals surface area contributed by atoms with Crippen LogP contribution >= 0.6 is 15.9 Å². The van der Waals surface area contributed by atoms with Crippen molar-refractivity contribution >= 4 is 31.7 Å². The molecule has 1 aliphatic rings. The molecule has 0 radical (unpaired) electrons. The van der Waals surface area contributed by atoms with Crippen LogP contribution in [0.2, 0.25) is 0 Å². The lowest BCUT2D eigenvalue weighted by Gasteiger charge is -2.20. The van der Waals surface area contributed by atoms with Crippen LogP contribution in [0.1, 0.15) is 27.6 Å². The number of benzene rings is 2. The van der Waals surface area contributed by atoms with Gasteiger partial charge in [-0.25, -0.2) is 12.8 Å². The van der Waals surface area contributed by atoms with Crippen LogP contribution in [0, 0.1) is 5.82 Å². The summed E-state index contributed by atoms with van der Waals surface area (Å²) in [5, 5.41) is -0.925. The second-order valence-electron chi connectivity index (χ2n) is 5.94. The molecule has 1 atom stereocenters. The fourth-order valence-electron chi connectivity index (χ4n) is 3.04. The van der Waals surface area contributed by atoms with Crippen LogP contribution in [-0.2, 0) is 9.84 Å². The van der Waals surface area contributed by atoms with Crippen molar-refractivity contribution in [2.45, 2.75) is 11.7 Å². The first-order chi connectivity index (χ1) is 11.9. The van der Waals surface area contributed by atoms with Crippen molar-refractivity contribution in [1.29, 1.82) is 0 Å². The average Bonchev–Trinajstić information content (AvgIpc) is 2.74. The van der Waals surface area contributed by atoms with Crippen LogP contribution in [0.5, 0.6) is 0 Å². The molecule has 1 amide bonds. The maximum atomic E-state index is 14.1. The maximum Gasteiger partial charge on any atom is 0.255 e. The van der Waals surface area contributed by atoms with Crippen LogP contribution < -0.4 is 0 Å². The second kappa shape index (κ2) is 7.25. The van der Waals surface area contributed by atoms with Crippen molar-refractivity contribution in [2.24, 2.45) is 0 Å². The van der Waals surface area contributed by atoms with E-state index < -0.39 is 20.9 Å². The van der Waals surface area contributed by atoms with Crippen molar-refractivity contribution in [3.8, 4) is 0 Å². The van der Waals surface area contributed by atoms with Gasteiger partial charge >= 0.3 is 0 Å². The van der Waals surface area contributed by atoms with Crippen molar-refractivity contribution in [1.82, 2.24) is 4.90 Å². The molecule has 1 aliphatic heterocycles. The smallest absolute Gasteiger partial charge is 0.255 e. The third-order valence-electron chi connectivity index (χ3n) is 4.38. The highest BCUT2D eigenvalue weighted by atomic mass is 79.9. The minimum Gasteiger partial charge on any atom is -0.338 e. The molecule has 1 fully saturated rings. The molecule has 132 valence electrons. The van der Waals surface area contributed by atoms with E-state index in [9.17, 15) is 17.6 Å². The van der Waals surface area contributed by atoms with Crippen LogP contribution in [0.4, 0.5) is 4.39 Å². The van der Waals surface area contributed by atoms with E-state index in [1.807, 2.05) is 6.07 Å². The average molecular weight is 426 g/mol. The Morgan fingerprint density at radius 3 is 2.48 bits per heavy atom. The van der Waals surface area contributed by atoms with Crippen molar-refractivity contribution in [3.05, 3.63) is 69.9 Å². The Balaban J connectivity index is 1.87. The van der Waals surface area contributed by atoms with Gasteiger partial charge in [-0.2, -0.15) is 0 Å². The van der Waals surface area contributed by atoms with E-state index in [1.54, 1.807) is 24.3 Å². The fraction of sp³-hybridized carbons (Fsp3) is 0.278. The van der Waals surface area contributed by atoms with E-state index in [2.05, 4.69) is 15.9 Å². The fourth-order valence-corrected chi connectivity index (χ4v) is 5.29. The summed E-state index contributed by atoms with van der Waals surface area (Å²) in [6, 6.07) is 13.0. The molecule has 1 saturated heterocycles. The number of carbonyl (C=O) groups excluding carboxylic acids is 1. The molecule has 0 aliphatic carbocycles. The highest BCUT2D eigenvalue weighted by Crippen LogP contribution is 2.31. The third kappa shape index (κ3) is 3.77. The van der Waals surface area contributed by atoms with E-state index in [4.69, 9.17) is 0 Å². The van der Waals surface area contributed by atoms with Gasteiger partial charge in [0.1, 0.15) is 5.82 Å². The van der Waals surface area contributed by atoms with Gasteiger partial charge in [-0.15, -0.1) is 0 Å². The molecule has 2 aromatic rings. The second-order valence-corrected chi connectivity index (χ2v) is 9.10. The number of hydrogen-bond donors (Lipinski definition) is 0. The van der Waals surface area contributed by atoms with Gasteiger partial charge in [0.15, 0.2) is 9.84 Å². The zero-order chi connectivity index (χ0) is 18.0. The first-order valence-electron chi connectivity index (χ1n) is 7.90. The molecule has 1 unspecified atom stereocenters. The molecule has 0 bridgehead atoms. The van der Waals surface area contributed by atoms with E-state index in [-0.39, 0.29) is 36.7 Å². The van der Waals surface area contributed by atoms with Gasteiger partial charge < -0.3 is 4.90 Å². The monoisotopic (exact) mass is 425 g/mol. The molecule has 0 saturated carbocycles. The van der Waals surface area contributed by atoms with Gasteiger partial charge in [-0.1, -0.05) is 30.3 Å². The van der Waals surface area contributed by atoms with Gasteiger partial charge in [-0.3, -0.25) is 4.79 Å². The Hall–Kier alpha value is -1.73. The Labute approximate surface area is 154 Å². The molecule has 25 heavy (non-hydrogen) atoms. The minimum absolute atomic E-state index is 0.105. The number of amides is 1. The van der Waals surface area contributed by atoms with Gasteiger partial charge in [0, 0.05) is 23.1 Å². The Bertz CT molecular complexity index is 901. The van der Waals surface area contributed by atoms with Crippen LogP contribution in [0.25, 0.3) is 0 Å². The number of rotatable bonds is 2. The first kappa shape index (κ1) is 18.1. The summed E-state index contributed by atoms with van der Waals surface area (Å²) in [5.74, 6) is -0.930. The number of carbonyl (C=O) groups is 1. The van der Waals surface area contributed by atoms with Crippen LogP contribution in [0.15, 0.2) is 53.0 Å². The Kier molecular flexibility index (Phi) is 5.24. The zero-order valence-corrected chi connectivity index (χ0v) is 15.8. The number of hydrogen-bond acceptors (Lipinski definition) is 3. The molecular formula is C18H17BrFNO3S. The maximum absolute atomic E-state index is 14.1. The number of halogens is 2. The van der Waals surface area contributed by atoms with Crippen molar-refractivity contribution < 1.29 is 17.6 Å². The highest BCUT2D eigenvalue weighted by Gasteiger charge is 2.34. The van der Waals surface area contributed by atoms with Crippen molar-refractivity contribution in [3.63, 3.8) is 0 Å². The first-order valence-corrected chi connectivity index (χ1v) is 10.4. The lowest BCUT2D eigenvalue weighted by molar-refractivity contribution is 0.0765. The van der Waals surface area contributed by atoms with Gasteiger partial charge in [0.25, 0.3) is 5.91 Å². The minimum atomic E-state index is -3.54. The Morgan fingerprint density at radius 2 is 1.76 bits per heavy atom. The topological polar surface area (TPSA) is 54.5 Å². The lowest BCUT2D eigenvalue weighted by atomic mass is 10.1. The van der Waals surface area contributed by atoms with E-state index >= 15 is 0 Å². The summed E-state index contributed by atoms with van der Waals surface area (Å²) >= 11 is 3.35. The summed E-state index contributed by atoms with van der Waals surface area (Å²) < 4.78 is 40.0. The zero-order valence-electron chi connectivity index (χ0n) is 13.4. The largest absolute Gasteiger partial charge is 0.338 e. The molecule has 4 nitrogen and oxygen atoms in total. The standard InChI is InChI=1S/C18H17BrFNO3S/c19-15-7-3-1-5-13(15)18(22)21-10-9-17(25(23,24)12-11-21)14-6-2-4-8-16(14)20/h1-8,17H,9-12H2. The predicted molar refractivity (Wildman–Crippen MR) is 97.6 cm³/mol. The quantitative estimate of drug-likeness (QED) is 0.738. The Morgan fingerprint density at radius 1 is 1.08 bits per heavy atom. The van der Waals surface area contributed by atoms with Crippen molar-refractivity contribution in [2.75, 3.05) is 18.8 Å². The molecule has 0 aromatic heterocycles. The predicted octanol–water partition coefficient (Wildman–Crippen LogP) is 3.59. The van der Waals surface area contributed by atoms with E-state index in [0.717, 1.165) is 0 Å². The molecule has 3 rings (SSSR count). The highest BCUT2D eigenvalue weighted by molar-refractivity contribution is 9.10. The number of nitrogens with zero attached hydrogens (tertiary/aromatic N) is 1. The van der Waals surface area contributed by atoms with E-state index in [1.165, 1.54) is 23.1 Å². The summed E-state index contributed by atoms with van der Waals surface area (Å²) in [4.78, 5) is 14.2. The van der Waals surface area contributed by atoms with Crippen LogP contribution in [-0.4, -0.2) is 38.1 Å². The SMILES string of the molecule is O=C(c1ccccc1Br)N1CCC(c2ccccc2F)S(=O)(=O)CC1. The molecule has 0 N–H and O–H groups in total. The summed E-state index contributed by atoms with van der Waals surface area (Å²) in [7, 11) is -3.54. The van der Waals surface area contributed by atoms with Gasteiger partial charge in [0.05, 0.1) is 16.6 Å². The van der Waals surface area contributed by atoms with Gasteiger partial charge in [-0.05, 0) is 40.5 Å².